The topological polar surface area (TPSA) is 41.3 Å². The predicted octanol–water partition coefficient (Wildman–Crippen LogP) is 6.62. The first-order chi connectivity index (χ1) is 15.6. The maximum Gasteiger partial charge on any atom is 0.174 e. The predicted molar refractivity (Wildman–Crippen MR) is 133 cm³/mol. The number of aryl methyl sites for hydroxylation is 2. The molecule has 2 atom stereocenters. The van der Waals surface area contributed by atoms with Gasteiger partial charge in [0.2, 0.25) is 0 Å². The summed E-state index contributed by atoms with van der Waals surface area (Å²) in [5, 5.41) is 5.00. The Morgan fingerprint density at radius 2 is 1.78 bits per heavy atom. The average Bonchev–Trinajstić information content (AvgIpc) is 3.40. The van der Waals surface area contributed by atoms with Crippen LogP contribution in [0.1, 0.15) is 34.7 Å². The fraction of sp³-hybridized carbons (Fsp3) is 0.154. The Morgan fingerprint density at radius 1 is 0.938 bits per heavy atom. The molecule has 1 aliphatic heterocycles. The molecule has 160 valence electrons. The van der Waals surface area contributed by atoms with E-state index in [2.05, 4.69) is 83.6 Å². The van der Waals surface area contributed by atoms with E-state index in [-0.39, 0.29) is 12.1 Å². The minimum absolute atomic E-state index is 0.118. The standard InChI is InChI=1S/C26H23N3OS2/c1-17-9-11-20(12-10-17)32-23-14-13-22(30-23)25-24(21-8-3-4-15-27-21)28-26(31)29(25)19-7-5-6-18(2)16-19/h3-16,24-25H,1-2H3,(H,28,31). The molecule has 1 saturated heterocycles. The fourth-order valence-electron chi connectivity index (χ4n) is 3.97. The number of nitrogens with zero attached hydrogens (tertiary/aromatic N) is 2. The molecule has 4 aromatic rings. The Kier molecular flexibility index (Phi) is 5.72. The summed E-state index contributed by atoms with van der Waals surface area (Å²) in [6.07, 6.45) is 1.81. The fourth-order valence-corrected chi connectivity index (χ4v) is 5.09. The van der Waals surface area contributed by atoms with E-state index >= 15 is 0 Å². The second-order valence-corrected chi connectivity index (χ2v) is 9.37. The molecule has 6 heteroatoms. The van der Waals surface area contributed by atoms with E-state index < -0.39 is 0 Å². The van der Waals surface area contributed by atoms with Gasteiger partial charge < -0.3 is 14.6 Å². The van der Waals surface area contributed by atoms with Gasteiger partial charge in [-0.25, -0.2) is 0 Å². The van der Waals surface area contributed by atoms with E-state index in [9.17, 15) is 0 Å². The molecule has 32 heavy (non-hydrogen) atoms. The number of thiocarbonyl (C=S) groups is 1. The minimum Gasteiger partial charge on any atom is -0.452 e. The number of benzene rings is 2. The van der Waals surface area contributed by atoms with Crippen LogP contribution in [0, 0.1) is 13.8 Å². The Hall–Kier alpha value is -3.09. The lowest BCUT2D eigenvalue weighted by atomic mass is 10.0. The number of furan rings is 1. The highest BCUT2D eigenvalue weighted by molar-refractivity contribution is 7.99. The van der Waals surface area contributed by atoms with Gasteiger partial charge in [0.05, 0.1) is 11.7 Å². The van der Waals surface area contributed by atoms with Crippen molar-refractivity contribution in [2.75, 3.05) is 4.90 Å². The van der Waals surface area contributed by atoms with E-state index in [0.717, 1.165) is 27.1 Å². The number of nitrogens with one attached hydrogen (secondary N) is 1. The quantitative estimate of drug-likeness (QED) is 0.340. The molecule has 5 rings (SSSR count). The van der Waals surface area contributed by atoms with E-state index in [1.807, 2.05) is 30.5 Å². The molecule has 1 aliphatic rings. The maximum absolute atomic E-state index is 6.38. The van der Waals surface area contributed by atoms with E-state index in [1.54, 1.807) is 11.8 Å². The lowest BCUT2D eigenvalue weighted by molar-refractivity contribution is 0.383. The maximum atomic E-state index is 6.38. The summed E-state index contributed by atoms with van der Waals surface area (Å²) in [5.74, 6) is 0.851. The highest BCUT2D eigenvalue weighted by Gasteiger charge is 2.42. The van der Waals surface area contributed by atoms with Crippen molar-refractivity contribution in [3.63, 3.8) is 0 Å². The summed E-state index contributed by atoms with van der Waals surface area (Å²) in [7, 11) is 0. The normalized spacial score (nSPS) is 18.1. The van der Waals surface area contributed by atoms with Crippen LogP contribution in [-0.2, 0) is 0 Å². The highest BCUT2D eigenvalue weighted by Crippen LogP contribution is 2.43. The zero-order valence-electron chi connectivity index (χ0n) is 17.9. The molecule has 2 aromatic carbocycles. The summed E-state index contributed by atoms with van der Waals surface area (Å²) in [6, 6.07) is 26.6. The minimum atomic E-state index is -0.147. The third kappa shape index (κ3) is 4.16. The van der Waals surface area contributed by atoms with Crippen molar-refractivity contribution in [1.82, 2.24) is 10.3 Å². The highest BCUT2D eigenvalue weighted by atomic mass is 32.2. The van der Waals surface area contributed by atoms with Crippen molar-refractivity contribution in [3.8, 4) is 0 Å². The van der Waals surface area contributed by atoms with Gasteiger partial charge in [0.15, 0.2) is 10.2 Å². The molecule has 2 unspecified atom stereocenters. The number of hydrogen-bond donors (Lipinski definition) is 1. The summed E-state index contributed by atoms with van der Waals surface area (Å²) >= 11 is 7.40. The first-order valence-electron chi connectivity index (χ1n) is 10.5. The summed E-state index contributed by atoms with van der Waals surface area (Å²) in [6.45, 7) is 4.18. The Labute approximate surface area is 197 Å². The van der Waals surface area contributed by atoms with Gasteiger partial charge in [0.1, 0.15) is 11.8 Å². The summed E-state index contributed by atoms with van der Waals surface area (Å²) in [4.78, 5) is 7.89. The smallest absolute Gasteiger partial charge is 0.174 e. The molecule has 3 heterocycles. The number of pyridine rings is 1. The second kappa shape index (κ2) is 8.81. The summed E-state index contributed by atoms with van der Waals surface area (Å²) < 4.78 is 6.38. The van der Waals surface area contributed by atoms with Gasteiger partial charge in [-0.05, 0) is 80.2 Å². The molecule has 1 N–H and O–H groups in total. The van der Waals surface area contributed by atoms with Crippen LogP contribution in [0.15, 0.2) is 99.5 Å². The zero-order chi connectivity index (χ0) is 22.1. The van der Waals surface area contributed by atoms with Crippen molar-refractivity contribution in [2.24, 2.45) is 0 Å². The molecule has 2 aromatic heterocycles. The molecule has 0 aliphatic carbocycles. The number of aromatic nitrogens is 1. The third-order valence-electron chi connectivity index (χ3n) is 5.51. The van der Waals surface area contributed by atoms with Crippen molar-refractivity contribution in [3.05, 3.63) is 108 Å². The van der Waals surface area contributed by atoms with Crippen LogP contribution < -0.4 is 10.2 Å². The van der Waals surface area contributed by atoms with Crippen LogP contribution in [0.4, 0.5) is 5.69 Å². The van der Waals surface area contributed by atoms with Crippen molar-refractivity contribution < 1.29 is 4.42 Å². The second-order valence-electron chi connectivity index (χ2n) is 7.91. The lowest BCUT2D eigenvalue weighted by Gasteiger charge is -2.26. The lowest BCUT2D eigenvalue weighted by Crippen LogP contribution is -2.29. The van der Waals surface area contributed by atoms with Gasteiger partial charge in [-0.2, -0.15) is 0 Å². The van der Waals surface area contributed by atoms with Crippen LogP contribution in [0.3, 0.4) is 0 Å². The number of anilines is 1. The molecule has 0 spiro atoms. The van der Waals surface area contributed by atoms with Crippen LogP contribution in [-0.4, -0.2) is 10.1 Å². The van der Waals surface area contributed by atoms with Gasteiger partial charge in [-0.1, -0.05) is 47.7 Å². The van der Waals surface area contributed by atoms with Gasteiger partial charge in [-0.3, -0.25) is 4.98 Å². The van der Waals surface area contributed by atoms with Crippen molar-refractivity contribution in [1.29, 1.82) is 0 Å². The Morgan fingerprint density at radius 3 is 2.53 bits per heavy atom. The van der Waals surface area contributed by atoms with Gasteiger partial charge in [0, 0.05) is 16.8 Å². The van der Waals surface area contributed by atoms with Crippen LogP contribution >= 0.6 is 24.0 Å². The first kappa shape index (κ1) is 20.8. The third-order valence-corrected chi connectivity index (χ3v) is 6.75. The van der Waals surface area contributed by atoms with Crippen molar-refractivity contribution >= 4 is 34.8 Å². The molecule has 0 bridgehead atoms. The molecular formula is C26H23N3OS2. The molecule has 4 nitrogen and oxygen atoms in total. The molecular weight excluding hydrogens is 434 g/mol. The summed E-state index contributed by atoms with van der Waals surface area (Å²) in [5.41, 5.74) is 4.39. The molecule has 0 saturated carbocycles. The van der Waals surface area contributed by atoms with E-state index in [4.69, 9.17) is 16.6 Å². The molecule has 0 amide bonds. The Bertz CT molecular complexity index is 1240. The van der Waals surface area contributed by atoms with E-state index in [1.165, 1.54) is 11.1 Å². The Balaban J connectivity index is 1.53. The van der Waals surface area contributed by atoms with Crippen LogP contribution in [0.25, 0.3) is 0 Å². The SMILES string of the molecule is Cc1ccc(Sc2ccc(C3C(c4ccccn4)NC(=S)N3c3cccc(C)c3)o2)cc1. The van der Waals surface area contributed by atoms with Crippen molar-refractivity contribution in [2.45, 2.75) is 35.9 Å². The van der Waals surface area contributed by atoms with Crippen LogP contribution in [0.2, 0.25) is 0 Å². The van der Waals surface area contributed by atoms with Crippen LogP contribution in [0.5, 0.6) is 0 Å². The van der Waals surface area contributed by atoms with Gasteiger partial charge in [0.25, 0.3) is 0 Å². The monoisotopic (exact) mass is 457 g/mol. The zero-order valence-corrected chi connectivity index (χ0v) is 19.5. The van der Waals surface area contributed by atoms with E-state index in [0.29, 0.717) is 5.11 Å². The van der Waals surface area contributed by atoms with Gasteiger partial charge in [-0.15, -0.1) is 0 Å². The molecule has 1 fully saturated rings. The van der Waals surface area contributed by atoms with Gasteiger partial charge >= 0.3 is 0 Å². The largest absolute Gasteiger partial charge is 0.452 e. The molecule has 0 radical (unpaired) electrons. The number of hydrogen-bond acceptors (Lipinski definition) is 4. The first-order valence-corrected chi connectivity index (χ1v) is 11.7. The average molecular weight is 458 g/mol. The number of rotatable bonds is 5.